The minimum absolute atomic E-state index is 0.209. The van der Waals surface area contributed by atoms with Gasteiger partial charge < -0.3 is 11.1 Å². The standard InChI is InChI=1S/C17H34N2O/c1-2-3-4-5-6-7-8-13-17(20)19-16(14-18)15-11-9-10-12-15/h15-16H,2-14,18H2,1H3,(H,19,20). The Labute approximate surface area is 125 Å². The van der Waals surface area contributed by atoms with Crippen molar-refractivity contribution in [1.29, 1.82) is 0 Å². The summed E-state index contributed by atoms with van der Waals surface area (Å²) in [5, 5.41) is 3.16. The molecule has 118 valence electrons. The van der Waals surface area contributed by atoms with Crippen molar-refractivity contribution in [3.8, 4) is 0 Å². The zero-order valence-corrected chi connectivity index (χ0v) is 13.3. The molecule has 1 unspecified atom stereocenters. The molecule has 3 nitrogen and oxygen atoms in total. The number of carbonyl (C=O) groups is 1. The summed E-state index contributed by atoms with van der Waals surface area (Å²) in [6, 6.07) is 0.217. The minimum atomic E-state index is 0.209. The first-order chi connectivity index (χ1) is 9.77. The van der Waals surface area contributed by atoms with Crippen molar-refractivity contribution in [3.05, 3.63) is 0 Å². The lowest BCUT2D eigenvalue weighted by molar-refractivity contribution is -0.122. The Balaban J connectivity index is 2.03. The monoisotopic (exact) mass is 282 g/mol. The summed E-state index contributed by atoms with van der Waals surface area (Å²) in [6.07, 6.45) is 14.6. The molecule has 0 aliphatic heterocycles. The van der Waals surface area contributed by atoms with Crippen molar-refractivity contribution in [2.24, 2.45) is 11.7 Å². The smallest absolute Gasteiger partial charge is 0.220 e. The van der Waals surface area contributed by atoms with Crippen molar-refractivity contribution < 1.29 is 4.79 Å². The van der Waals surface area contributed by atoms with E-state index in [0.29, 0.717) is 18.9 Å². The topological polar surface area (TPSA) is 55.1 Å². The van der Waals surface area contributed by atoms with Crippen molar-refractivity contribution in [2.45, 2.75) is 90.0 Å². The Morgan fingerprint density at radius 2 is 1.70 bits per heavy atom. The van der Waals surface area contributed by atoms with Crippen LogP contribution in [0.5, 0.6) is 0 Å². The number of unbranched alkanes of at least 4 members (excludes halogenated alkanes) is 6. The van der Waals surface area contributed by atoms with Crippen molar-refractivity contribution in [1.82, 2.24) is 5.32 Å². The highest BCUT2D eigenvalue weighted by Gasteiger charge is 2.24. The van der Waals surface area contributed by atoms with Crippen LogP contribution in [0, 0.1) is 5.92 Å². The number of nitrogens with two attached hydrogens (primary N) is 1. The molecule has 1 atom stereocenters. The molecule has 1 saturated carbocycles. The van der Waals surface area contributed by atoms with E-state index in [1.807, 2.05) is 0 Å². The Kier molecular flexibility index (Phi) is 9.73. The highest BCUT2D eigenvalue weighted by atomic mass is 16.1. The highest BCUT2D eigenvalue weighted by molar-refractivity contribution is 5.76. The fourth-order valence-corrected chi connectivity index (χ4v) is 3.25. The van der Waals surface area contributed by atoms with Crippen LogP contribution >= 0.6 is 0 Å². The van der Waals surface area contributed by atoms with Gasteiger partial charge in [-0.3, -0.25) is 4.79 Å². The Morgan fingerprint density at radius 3 is 2.30 bits per heavy atom. The van der Waals surface area contributed by atoms with Gasteiger partial charge in [-0.2, -0.15) is 0 Å². The van der Waals surface area contributed by atoms with E-state index >= 15 is 0 Å². The summed E-state index contributed by atoms with van der Waals surface area (Å²) in [7, 11) is 0. The maximum Gasteiger partial charge on any atom is 0.220 e. The van der Waals surface area contributed by atoms with Crippen molar-refractivity contribution in [3.63, 3.8) is 0 Å². The van der Waals surface area contributed by atoms with E-state index in [1.54, 1.807) is 0 Å². The number of rotatable bonds is 11. The molecule has 1 rings (SSSR count). The first-order valence-corrected chi connectivity index (χ1v) is 8.77. The summed E-state index contributed by atoms with van der Waals surface area (Å²) in [5.41, 5.74) is 5.81. The van der Waals surface area contributed by atoms with Crippen molar-refractivity contribution in [2.75, 3.05) is 6.54 Å². The Morgan fingerprint density at radius 1 is 1.10 bits per heavy atom. The molecule has 3 heteroatoms. The summed E-state index contributed by atoms with van der Waals surface area (Å²) in [4.78, 5) is 11.9. The molecular weight excluding hydrogens is 248 g/mol. The first kappa shape index (κ1) is 17.5. The first-order valence-electron chi connectivity index (χ1n) is 8.77. The van der Waals surface area contributed by atoms with Gasteiger partial charge in [-0.05, 0) is 25.2 Å². The number of nitrogens with one attached hydrogen (secondary N) is 1. The van der Waals surface area contributed by atoms with E-state index in [9.17, 15) is 4.79 Å². The Bertz CT molecular complexity index is 249. The maximum absolute atomic E-state index is 11.9. The van der Waals surface area contributed by atoms with E-state index < -0.39 is 0 Å². The molecule has 0 heterocycles. The quantitative estimate of drug-likeness (QED) is 0.567. The third kappa shape index (κ3) is 7.28. The van der Waals surface area contributed by atoms with Gasteiger partial charge in [-0.25, -0.2) is 0 Å². The van der Waals surface area contributed by atoms with Crippen LogP contribution in [0.25, 0.3) is 0 Å². The molecule has 1 amide bonds. The average Bonchev–Trinajstić information content (AvgIpc) is 2.98. The van der Waals surface area contributed by atoms with Gasteiger partial charge in [0.25, 0.3) is 0 Å². The molecule has 1 fully saturated rings. The summed E-state index contributed by atoms with van der Waals surface area (Å²) in [6.45, 7) is 2.83. The number of hydrogen-bond acceptors (Lipinski definition) is 2. The van der Waals surface area contributed by atoms with Gasteiger partial charge in [0.15, 0.2) is 0 Å². The predicted octanol–water partition coefficient (Wildman–Crippen LogP) is 3.76. The van der Waals surface area contributed by atoms with Gasteiger partial charge in [0.05, 0.1) is 0 Å². The van der Waals surface area contributed by atoms with E-state index in [-0.39, 0.29) is 11.9 Å². The maximum atomic E-state index is 11.9. The molecular formula is C17H34N2O. The van der Waals surface area contributed by atoms with Gasteiger partial charge in [-0.15, -0.1) is 0 Å². The van der Waals surface area contributed by atoms with Gasteiger partial charge in [0, 0.05) is 19.0 Å². The fourth-order valence-electron chi connectivity index (χ4n) is 3.25. The molecule has 20 heavy (non-hydrogen) atoms. The minimum Gasteiger partial charge on any atom is -0.352 e. The Hall–Kier alpha value is -0.570. The fraction of sp³-hybridized carbons (Fsp3) is 0.941. The second-order valence-electron chi connectivity index (χ2n) is 6.33. The lowest BCUT2D eigenvalue weighted by atomic mass is 9.98. The summed E-state index contributed by atoms with van der Waals surface area (Å²) >= 11 is 0. The van der Waals surface area contributed by atoms with E-state index in [4.69, 9.17) is 5.73 Å². The summed E-state index contributed by atoms with van der Waals surface area (Å²) in [5.74, 6) is 0.832. The number of amides is 1. The van der Waals surface area contributed by atoms with Crippen LogP contribution in [0.3, 0.4) is 0 Å². The van der Waals surface area contributed by atoms with Crippen LogP contribution in [0.4, 0.5) is 0 Å². The van der Waals surface area contributed by atoms with Crippen LogP contribution in [0.15, 0.2) is 0 Å². The number of hydrogen-bond donors (Lipinski definition) is 2. The van der Waals surface area contributed by atoms with E-state index in [0.717, 1.165) is 6.42 Å². The molecule has 0 aromatic heterocycles. The third-order valence-electron chi connectivity index (χ3n) is 4.58. The zero-order valence-electron chi connectivity index (χ0n) is 13.3. The van der Waals surface area contributed by atoms with Crippen LogP contribution in [-0.4, -0.2) is 18.5 Å². The molecule has 3 N–H and O–H groups in total. The van der Waals surface area contributed by atoms with Gasteiger partial charge >= 0.3 is 0 Å². The highest BCUT2D eigenvalue weighted by Crippen LogP contribution is 2.27. The third-order valence-corrected chi connectivity index (χ3v) is 4.58. The van der Waals surface area contributed by atoms with Crippen LogP contribution in [0.2, 0.25) is 0 Å². The lowest BCUT2D eigenvalue weighted by Crippen LogP contribution is -2.44. The second-order valence-corrected chi connectivity index (χ2v) is 6.33. The average molecular weight is 282 g/mol. The molecule has 0 radical (unpaired) electrons. The molecule has 0 saturated heterocycles. The van der Waals surface area contributed by atoms with E-state index in [1.165, 1.54) is 64.2 Å². The molecule has 0 bridgehead atoms. The molecule has 1 aliphatic rings. The van der Waals surface area contributed by atoms with Crippen LogP contribution in [-0.2, 0) is 4.79 Å². The molecule has 0 spiro atoms. The van der Waals surface area contributed by atoms with Crippen molar-refractivity contribution >= 4 is 5.91 Å². The van der Waals surface area contributed by atoms with Crippen LogP contribution in [0.1, 0.15) is 84.0 Å². The summed E-state index contributed by atoms with van der Waals surface area (Å²) < 4.78 is 0. The number of carbonyl (C=O) groups excluding carboxylic acids is 1. The van der Waals surface area contributed by atoms with Gasteiger partial charge in [-0.1, -0.05) is 58.3 Å². The SMILES string of the molecule is CCCCCCCCCC(=O)NC(CN)C1CCCC1. The zero-order chi connectivity index (χ0) is 14.6. The van der Waals surface area contributed by atoms with Gasteiger partial charge in [0.1, 0.15) is 0 Å². The van der Waals surface area contributed by atoms with Gasteiger partial charge in [0.2, 0.25) is 5.91 Å². The largest absolute Gasteiger partial charge is 0.352 e. The molecule has 0 aromatic carbocycles. The lowest BCUT2D eigenvalue weighted by Gasteiger charge is -2.23. The van der Waals surface area contributed by atoms with Crippen LogP contribution < -0.4 is 11.1 Å². The second kappa shape index (κ2) is 11.1. The normalized spacial score (nSPS) is 17.3. The molecule has 0 aromatic rings. The molecule has 1 aliphatic carbocycles. The predicted molar refractivity (Wildman–Crippen MR) is 85.6 cm³/mol. The van der Waals surface area contributed by atoms with E-state index in [2.05, 4.69) is 12.2 Å².